The number of carbonyl (C=O) groups excluding carboxylic acids is 1. The Morgan fingerprint density at radius 3 is 2.42 bits per heavy atom. The maximum atomic E-state index is 14.3. The lowest BCUT2D eigenvalue weighted by atomic mass is 10.0. The van der Waals surface area contributed by atoms with E-state index in [9.17, 15) is 13.6 Å². The molecule has 1 aromatic heterocycles. The Morgan fingerprint density at radius 1 is 1.03 bits per heavy atom. The van der Waals surface area contributed by atoms with E-state index in [1.165, 1.54) is 19.2 Å². The Kier molecular flexibility index (Phi) is 8.04. The summed E-state index contributed by atoms with van der Waals surface area (Å²) in [5.74, 6) is -1.30. The van der Waals surface area contributed by atoms with Gasteiger partial charge in [-0.15, -0.1) is 0 Å². The van der Waals surface area contributed by atoms with Gasteiger partial charge in [0.15, 0.2) is 29.0 Å². The number of aromatic nitrogens is 2. The third-order valence-corrected chi connectivity index (χ3v) is 4.63. The number of hydrogen-bond acceptors (Lipinski definition) is 7. The van der Waals surface area contributed by atoms with E-state index < -0.39 is 11.6 Å². The molecule has 0 radical (unpaired) electrons. The van der Waals surface area contributed by atoms with Crippen LogP contribution < -0.4 is 15.4 Å². The Bertz CT molecular complexity index is 1140. The number of carbonyl (C=O) groups is 1. The number of nitrogens with one attached hydrogen (secondary N) is 2. The fraction of sp³-hybridized carbons (Fsp3) is 0.208. The van der Waals surface area contributed by atoms with Crippen LogP contribution in [0.1, 0.15) is 23.7 Å². The van der Waals surface area contributed by atoms with Gasteiger partial charge in [-0.2, -0.15) is 4.98 Å². The molecule has 3 rings (SSSR count). The average Bonchev–Trinajstić information content (AvgIpc) is 2.82. The lowest BCUT2D eigenvalue weighted by Gasteiger charge is -2.11. The molecule has 0 unspecified atom stereocenters. The van der Waals surface area contributed by atoms with Gasteiger partial charge < -0.3 is 20.1 Å². The number of anilines is 4. The van der Waals surface area contributed by atoms with Crippen molar-refractivity contribution in [2.24, 2.45) is 0 Å². The summed E-state index contributed by atoms with van der Waals surface area (Å²) < 4.78 is 38.6. The lowest BCUT2D eigenvalue weighted by Crippen LogP contribution is -2.06. The van der Waals surface area contributed by atoms with Gasteiger partial charge in [0.05, 0.1) is 12.8 Å². The van der Waals surface area contributed by atoms with Gasteiger partial charge in [-0.25, -0.2) is 13.8 Å². The van der Waals surface area contributed by atoms with Crippen LogP contribution in [0, 0.1) is 11.6 Å². The number of methoxy groups -OCH3 is 1. The molecule has 172 valence electrons. The molecule has 0 aliphatic rings. The fourth-order valence-electron chi connectivity index (χ4n) is 2.78. The van der Waals surface area contributed by atoms with E-state index in [0.717, 1.165) is 6.20 Å². The molecule has 1 heterocycles. The van der Waals surface area contributed by atoms with E-state index in [1.807, 2.05) is 6.92 Å². The van der Waals surface area contributed by atoms with Crippen LogP contribution in [-0.2, 0) is 4.74 Å². The van der Waals surface area contributed by atoms with Gasteiger partial charge in [0, 0.05) is 30.1 Å². The second-order valence-corrected chi connectivity index (χ2v) is 6.99. The van der Waals surface area contributed by atoms with Crippen molar-refractivity contribution in [3.05, 3.63) is 78.0 Å². The van der Waals surface area contributed by atoms with Crippen molar-refractivity contribution in [2.45, 2.75) is 13.3 Å². The summed E-state index contributed by atoms with van der Waals surface area (Å²) in [6, 6.07) is 10.8. The van der Waals surface area contributed by atoms with Crippen LogP contribution in [0.25, 0.3) is 0 Å². The second kappa shape index (κ2) is 11.1. The van der Waals surface area contributed by atoms with Crippen molar-refractivity contribution in [1.82, 2.24) is 9.97 Å². The first kappa shape index (κ1) is 23.8. The number of hydrogen-bond donors (Lipinski definition) is 2. The van der Waals surface area contributed by atoms with Gasteiger partial charge in [-0.3, -0.25) is 4.79 Å². The fourth-order valence-corrected chi connectivity index (χ4v) is 2.78. The summed E-state index contributed by atoms with van der Waals surface area (Å²) in [7, 11) is 1.53. The molecular weight excluding hydrogens is 430 g/mol. The molecule has 0 fully saturated rings. The molecule has 0 atom stereocenters. The minimum atomic E-state index is -0.673. The highest BCUT2D eigenvalue weighted by Crippen LogP contribution is 2.25. The molecule has 9 heteroatoms. The van der Waals surface area contributed by atoms with E-state index >= 15 is 0 Å². The third kappa shape index (κ3) is 6.33. The van der Waals surface area contributed by atoms with Gasteiger partial charge in [0.1, 0.15) is 6.61 Å². The standard InChI is InChI=1S/C24H24F2N4O3/c1-4-15(2)22(31)16-5-7-17(8-6-16)28-23-20(26)14-27-24(30-23)29-18-9-10-21(19(25)13-18)33-12-11-32-3/h5-10,13-14H,2,4,11-12H2,1,3H3,(H2,27,28,29,30). The van der Waals surface area contributed by atoms with E-state index in [0.29, 0.717) is 35.5 Å². The molecule has 2 N–H and O–H groups in total. The smallest absolute Gasteiger partial charge is 0.229 e. The van der Waals surface area contributed by atoms with E-state index in [1.54, 1.807) is 30.3 Å². The first-order chi connectivity index (χ1) is 15.9. The molecule has 7 nitrogen and oxygen atoms in total. The van der Waals surface area contributed by atoms with Crippen LogP contribution >= 0.6 is 0 Å². The van der Waals surface area contributed by atoms with E-state index in [2.05, 4.69) is 27.2 Å². The number of benzene rings is 2. The molecule has 0 bridgehead atoms. The maximum Gasteiger partial charge on any atom is 0.229 e. The van der Waals surface area contributed by atoms with Gasteiger partial charge >= 0.3 is 0 Å². The molecule has 0 spiro atoms. The molecule has 33 heavy (non-hydrogen) atoms. The van der Waals surface area contributed by atoms with Crippen LogP contribution in [-0.4, -0.2) is 36.1 Å². The monoisotopic (exact) mass is 454 g/mol. The minimum Gasteiger partial charge on any atom is -0.488 e. The quantitative estimate of drug-likeness (QED) is 0.227. The Labute approximate surface area is 190 Å². The lowest BCUT2D eigenvalue weighted by molar-refractivity contribution is 0.103. The Hall–Kier alpha value is -3.85. The molecule has 0 aliphatic carbocycles. The largest absolute Gasteiger partial charge is 0.488 e. The zero-order valence-corrected chi connectivity index (χ0v) is 18.3. The highest BCUT2D eigenvalue weighted by molar-refractivity contribution is 6.08. The van der Waals surface area contributed by atoms with Crippen molar-refractivity contribution in [3.8, 4) is 5.75 Å². The summed E-state index contributed by atoms with van der Waals surface area (Å²) in [6.07, 6.45) is 1.56. The molecule has 2 aromatic carbocycles. The highest BCUT2D eigenvalue weighted by Gasteiger charge is 2.12. The van der Waals surface area contributed by atoms with Gasteiger partial charge in [0.2, 0.25) is 5.95 Å². The summed E-state index contributed by atoms with van der Waals surface area (Å²) in [5, 5.41) is 5.68. The van der Waals surface area contributed by atoms with E-state index in [4.69, 9.17) is 9.47 Å². The number of Topliss-reactive ketones (excluding diaryl/α,β-unsaturated/α-hetero) is 1. The van der Waals surface area contributed by atoms with E-state index in [-0.39, 0.29) is 29.9 Å². The first-order valence-corrected chi connectivity index (χ1v) is 10.2. The normalized spacial score (nSPS) is 10.5. The molecule has 0 saturated carbocycles. The molecule has 0 saturated heterocycles. The number of halogens is 2. The first-order valence-electron chi connectivity index (χ1n) is 10.2. The topological polar surface area (TPSA) is 85.4 Å². The maximum absolute atomic E-state index is 14.3. The number of rotatable bonds is 11. The number of nitrogens with zero attached hydrogens (tertiary/aromatic N) is 2. The van der Waals surface area contributed by atoms with Crippen molar-refractivity contribution >= 4 is 28.9 Å². The van der Waals surface area contributed by atoms with Crippen LogP contribution in [0.15, 0.2) is 60.8 Å². The van der Waals surface area contributed by atoms with Gasteiger partial charge in [-0.1, -0.05) is 13.5 Å². The molecule has 3 aromatic rings. The average molecular weight is 454 g/mol. The minimum absolute atomic E-state index is 0.0670. The van der Waals surface area contributed by atoms with Crippen LogP contribution in [0.2, 0.25) is 0 Å². The SMILES string of the molecule is C=C(CC)C(=O)c1ccc(Nc2nc(Nc3ccc(OCCOC)c(F)c3)ncc2F)cc1. The summed E-state index contributed by atoms with van der Waals surface area (Å²) >= 11 is 0. The third-order valence-electron chi connectivity index (χ3n) is 4.63. The van der Waals surface area contributed by atoms with Crippen molar-refractivity contribution in [1.29, 1.82) is 0 Å². The summed E-state index contributed by atoms with van der Waals surface area (Å²) in [5.41, 5.74) is 1.90. The number of ketones is 1. The summed E-state index contributed by atoms with van der Waals surface area (Å²) in [4.78, 5) is 20.2. The van der Waals surface area contributed by atoms with Crippen LogP contribution in [0.4, 0.5) is 31.9 Å². The van der Waals surface area contributed by atoms with Crippen molar-refractivity contribution < 1.29 is 23.0 Å². The zero-order valence-electron chi connectivity index (χ0n) is 18.3. The van der Waals surface area contributed by atoms with Gasteiger partial charge in [-0.05, 0) is 48.4 Å². The predicted molar refractivity (Wildman–Crippen MR) is 123 cm³/mol. The van der Waals surface area contributed by atoms with Crippen LogP contribution in [0.5, 0.6) is 5.75 Å². The molecule has 0 aliphatic heterocycles. The highest BCUT2D eigenvalue weighted by atomic mass is 19.1. The van der Waals surface area contributed by atoms with Crippen molar-refractivity contribution in [2.75, 3.05) is 31.0 Å². The second-order valence-electron chi connectivity index (χ2n) is 6.99. The molecule has 0 amide bonds. The molecular formula is C24H24F2N4O3. The zero-order chi connectivity index (χ0) is 23.8. The van der Waals surface area contributed by atoms with Gasteiger partial charge in [0.25, 0.3) is 0 Å². The van der Waals surface area contributed by atoms with Crippen molar-refractivity contribution in [3.63, 3.8) is 0 Å². The Morgan fingerprint density at radius 2 is 1.76 bits per heavy atom. The number of ether oxygens (including phenoxy) is 2. The Balaban J connectivity index is 1.70. The predicted octanol–water partition coefficient (Wildman–Crippen LogP) is 5.42. The number of allylic oxidation sites excluding steroid dienone is 1. The van der Waals surface area contributed by atoms with Crippen LogP contribution in [0.3, 0.4) is 0 Å². The summed E-state index contributed by atoms with van der Waals surface area (Å²) in [6.45, 7) is 6.17.